The molecule has 1 atom stereocenters. The first kappa shape index (κ1) is 18.0. The lowest BCUT2D eigenvalue weighted by Crippen LogP contribution is -3.11. The number of hydrogen-bond donors (Lipinski definition) is 2. The molecule has 0 radical (unpaired) electrons. The molecule has 4 nitrogen and oxygen atoms in total. The molecule has 0 aromatic heterocycles. The van der Waals surface area contributed by atoms with Gasteiger partial charge in [-0.2, -0.15) is 0 Å². The number of halogens is 1. The topological polar surface area (TPSA) is 42.8 Å². The minimum atomic E-state index is -0.0838. The van der Waals surface area contributed by atoms with Crippen LogP contribution in [0.5, 0.6) is 5.75 Å². The van der Waals surface area contributed by atoms with Crippen LogP contribution in [-0.2, 0) is 4.79 Å². The molecule has 2 aromatic carbocycles. The van der Waals surface area contributed by atoms with Gasteiger partial charge in [0, 0.05) is 22.9 Å². The number of quaternary nitrogens is 1. The number of hydrogen-bond acceptors (Lipinski definition) is 2. The monoisotopic (exact) mass is 403 g/mol. The third-order valence-electron chi connectivity index (χ3n) is 4.61. The number of benzene rings is 2. The highest BCUT2D eigenvalue weighted by Crippen LogP contribution is 2.17. The normalized spacial score (nSPS) is 15.7. The van der Waals surface area contributed by atoms with Crippen molar-refractivity contribution >= 4 is 21.8 Å². The summed E-state index contributed by atoms with van der Waals surface area (Å²) in [6, 6.07) is 18.3. The lowest BCUT2D eigenvalue weighted by Gasteiger charge is -2.25. The van der Waals surface area contributed by atoms with Crippen molar-refractivity contribution in [1.29, 1.82) is 0 Å². The first-order chi connectivity index (χ1) is 12.2. The Morgan fingerprint density at radius 3 is 2.60 bits per heavy atom. The summed E-state index contributed by atoms with van der Waals surface area (Å²) >= 11 is 3.40. The second kappa shape index (κ2) is 9.02. The number of rotatable bonds is 7. The van der Waals surface area contributed by atoms with Crippen molar-refractivity contribution < 1.29 is 14.4 Å². The van der Waals surface area contributed by atoms with E-state index in [1.54, 1.807) is 4.90 Å². The summed E-state index contributed by atoms with van der Waals surface area (Å²) in [7, 11) is 0. The number of carbonyl (C=O) groups excluding carboxylic acids is 1. The Kier molecular flexibility index (Phi) is 6.48. The molecule has 0 spiro atoms. The summed E-state index contributed by atoms with van der Waals surface area (Å²) < 4.78 is 6.50. The van der Waals surface area contributed by atoms with E-state index in [9.17, 15) is 4.79 Å². The van der Waals surface area contributed by atoms with Crippen LogP contribution in [0.25, 0.3) is 0 Å². The van der Waals surface area contributed by atoms with Gasteiger partial charge in [0.2, 0.25) is 0 Å². The molecule has 0 aliphatic carbocycles. The van der Waals surface area contributed by atoms with Crippen molar-refractivity contribution in [2.45, 2.75) is 18.9 Å². The molecule has 5 heteroatoms. The largest absolute Gasteiger partial charge is 0.484 e. The lowest BCUT2D eigenvalue weighted by atomic mass is 10.1. The van der Waals surface area contributed by atoms with E-state index in [2.05, 4.69) is 45.5 Å². The second-order valence-corrected chi connectivity index (χ2v) is 7.29. The molecule has 2 N–H and O–H groups in total. The molecule has 1 fully saturated rings. The summed E-state index contributed by atoms with van der Waals surface area (Å²) in [5, 5.41) is 3.05. The highest BCUT2D eigenvalue weighted by molar-refractivity contribution is 9.10. The van der Waals surface area contributed by atoms with Crippen LogP contribution in [0.3, 0.4) is 0 Å². The third-order valence-corrected chi connectivity index (χ3v) is 5.10. The van der Waals surface area contributed by atoms with Crippen molar-refractivity contribution in [3.8, 4) is 5.75 Å². The summed E-state index contributed by atoms with van der Waals surface area (Å²) in [6.45, 7) is 3.02. The zero-order valence-corrected chi connectivity index (χ0v) is 15.8. The maximum absolute atomic E-state index is 12.2. The summed E-state index contributed by atoms with van der Waals surface area (Å²) in [4.78, 5) is 13.7. The van der Waals surface area contributed by atoms with Gasteiger partial charge in [0.1, 0.15) is 11.8 Å². The van der Waals surface area contributed by atoms with Crippen LogP contribution in [0.2, 0.25) is 0 Å². The summed E-state index contributed by atoms with van der Waals surface area (Å²) in [5.74, 6) is 0.605. The van der Waals surface area contributed by atoms with Gasteiger partial charge in [-0.05, 0) is 18.2 Å². The number of carbonyl (C=O) groups is 1. The second-order valence-electron chi connectivity index (χ2n) is 6.38. The first-order valence-electron chi connectivity index (χ1n) is 8.77. The van der Waals surface area contributed by atoms with Gasteiger partial charge in [-0.25, -0.2) is 0 Å². The molecule has 1 aliphatic heterocycles. The first-order valence-corrected chi connectivity index (χ1v) is 9.56. The molecular formula is C20H24BrN2O2+. The standard InChI is InChI=1S/C20H23BrN2O2/c21-17-9-6-10-18(13-17)25-15-20(24)22-14-19(23-11-4-5-12-23)16-7-2-1-3-8-16/h1-3,6-10,13,19H,4-5,11-12,14-15H2,(H,22,24)/p+1/t19-/m0/s1. The van der Waals surface area contributed by atoms with Crippen molar-refractivity contribution in [3.63, 3.8) is 0 Å². The molecule has 25 heavy (non-hydrogen) atoms. The van der Waals surface area contributed by atoms with Crippen molar-refractivity contribution in [1.82, 2.24) is 5.32 Å². The van der Waals surface area contributed by atoms with E-state index in [0.29, 0.717) is 18.3 Å². The van der Waals surface area contributed by atoms with Gasteiger partial charge in [0.05, 0.1) is 19.6 Å². The molecule has 0 unspecified atom stereocenters. The SMILES string of the molecule is O=C(COc1cccc(Br)c1)NC[C@@H](c1ccccc1)[NH+]1CCCC1. The van der Waals surface area contributed by atoms with Gasteiger partial charge in [0.15, 0.2) is 6.61 Å². The van der Waals surface area contributed by atoms with Crippen LogP contribution < -0.4 is 15.0 Å². The third kappa shape index (κ3) is 5.31. The fraction of sp³-hybridized carbons (Fsp3) is 0.350. The van der Waals surface area contributed by atoms with E-state index < -0.39 is 0 Å². The number of nitrogens with one attached hydrogen (secondary N) is 2. The zero-order chi connectivity index (χ0) is 17.5. The Morgan fingerprint density at radius 2 is 1.88 bits per heavy atom. The van der Waals surface area contributed by atoms with Crippen LogP contribution in [0, 0.1) is 0 Å². The fourth-order valence-corrected chi connectivity index (χ4v) is 3.71. The molecule has 1 aliphatic rings. The van der Waals surface area contributed by atoms with Crippen LogP contribution in [0.4, 0.5) is 0 Å². The summed E-state index contributed by atoms with van der Waals surface area (Å²) in [6.07, 6.45) is 2.53. The Morgan fingerprint density at radius 1 is 1.12 bits per heavy atom. The lowest BCUT2D eigenvalue weighted by molar-refractivity contribution is -0.918. The van der Waals surface area contributed by atoms with E-state index >= 15 is 0 Å². The molecule has 1 heterocycles. The number of amides is 1. The van der Waals surface area contributed by atoms with E-state index in [4.69, 9.17) is 4.74 Å². The molecule has 0 saturated carbocycles. The average Bonchev–Trinajstić information content (AvgIpc) is 3.15. The van der Waals surface area contributed by atoms with Gasteiger partial charge < -0.3 is 15.0 Å². The Balaban J connectivity index is 1.54. The van der Waals surface area contributed by atoms with Gasteiger partial charge in [-0.15, -0.1) is 0 Å². The number of ether oxygens (including phenoxy) is 1. The van der Waals surface area contributed by atoms with Gasteiger partial charge in [-0.3, -0.25) is 4.79 Å². The van der Waals surface area contributed by atoms with E-state index in [0.717, 1.165) is 4.47 Å². The van der Waals surface area contributed by atoms with Crippen LogP contribution >= 0.6 is 15.9 Å². The van der Waals surface area contributed by atoms with Gasteiger partial charge in [-0.1, -0.05) is 52.3 Å². The van der Waals surface area contributed by atoms with Crippen molar-refractivity contribution in [2.75, 3.05) is 26.2 Å². The zero-order valence-electron chi connectivity index (χ0n) is 14.2. The number of likely N-dealkylation sites (tertiary alicyclic amines) is 1. The van der Waals surface area contributed by atoms with Crippen LogP contribution in [0.1, 0.15) is 24.4 Å². The molecule has 132 valence electrons. The van der Waals surface area contributed by atoms with Crippen molar-refractivity contribution in [2.24, 2.45) is 0 Å². The van der Waals surface area contributed by atoms with E-state index in [1.807, 2.05) is 30.3 Å². The molecule has 1 amide bonds. The highest BCUT2D eigenvalue weighted by Gasteiger charge is 2.27. The smallest absolute Gasteiger partial charge is 0.258 e. The maximum atomic E-state index is 12.2. The highest BCUT2D eigenvalue weighted by atomic mass is 79.9. The van der Waals surface area contributed by atoms with Crippen LogP contribution in [0.15, 0.2) is 59.1 Å². The Labute approximate surface area is 157 Å². The predicted octanol–water partition coefficient (Wildman–Crippen LogP) is 2.36. The van der Waals surface area contributed by atoms with Gasteiger partial charge in [0.25, 0.3) is 5.91 Å². The minimum absolute atomic E-state index is 0.0350. The fourth-order valence-electron chi connectivity index (χ4n) is 3.33. The van der Waals surface area contributed by atoms with E-state index in [1.165, 1.54) is 31.5 Å². The summed E-state index contributed by atoms with van der Waals surface area (Å²) in [5.41, 5.74) is 1.28. The predicted molar refractivity (Wildman–Crippen MR) is 102 cm³/mol. The average molecular weight is 404 g/mol. The molecular weight excluding hydrogens is 380 g/mol. The van der Waals surface area contributed by atoms with Crippen molar-refractivity contribution in [3.05, 3.63) is 64.6 Å². The van der Waals surface area contributed by atoms with Crippen LogP contribution in [-0.4, -0.2) is 32.1 Å². The molecule has 3 rings (SSSR count). The minimum Gasteiger partial charge on any atom is -0.484 e. The molecule has 2 aromatic rings. The van der Waals surface area contributed by atoms with E-state index in [-0.39, 0.29) is 12.5 Å². The maximum Gasteiger partial charge on any atom is 0.258 e. The Hall–Kier alpha value is -1.85. The molecule has 1 saturated heterocycles. The Bertz CT molecular complexity index is 687. The molecule has 0 bridgehead atoms. The van der Waals surface area contributed by atoms with Gasteiger partial charge >= 0.3 is 0 Å². The quantitative estimate of drug-likeness (QED) is 0.744.